The number of nitriles is 1. The molecule has 1 aromatic carbocycles. The zero-order chi connectivity index (χ0) is 24.7. The lowest BCUT2D eigenvalue weighted by molar-refractivity contribution is 0.0954. The van der Waals surface area contributed by atoms with Crippen LogP contribution in [0.25, 0.3) is 16.7 Å². The first-order valence-electron chi connectivity index (χ1n) is 11.5. The Balaban J connectivity index is 1.30. The van der Waals surface area contributed by atoms with Crippen molar-refractivity contribution in [1.82, 2.24) is 29.9 Å². The minimum atomic E-state index is -0.367. The Morgan fingerprint density at radius 2 is 2.03 bits per heavy atom. The van der Waals surface area contributed by atoms with Crippen molar-refractivity contribution in [1.29, 1.82) is 5.26 Å². The molecule has 4 aromatic rings. The van der Waals surface area contributed by atoms with Crippen LogP contribution in [0, 0.1) is 24.1 Å². The van der Waals surface area contributed by atoms with E-state index in [1.54, 1.807) is 16.8 Å². The molecule has 10 heteroatoms. The van der Waals surface area contributed by atoms with Gasteiger partial charge in [-0.15, -0.1) is 0 Å². The van der Waals surface area contributed by atoms with Gasteiger partial charge in [0.2, 0.25) is 0 Å². The number of hydrogen-bond donors (Lipinski definition) is 2. The number of hydrogen-bond acceptors (Lipinski definition) is 6. The number of aryl methyl sites for hydroxylation is 3. The lowest BCUT2D eigenvalue weighted by Gasteiger charge is -2.09. The van der Waals surface area contributed by atoms with Crippen LogP contribution in [0.1, 0.15) is 58.2 Å². The van der Waals surface area contributed by atoms with Crippen LogP contribution in [-0.4, -0.2) is 37.0 Å². The predicted molar refractivity (Wildman–Crippen MR) is 129 cm³/mol. The number of anilines is 1. The lowest BCUT2D eigenvalue weighted by Crippen LogP contribution is -2.25. The molecule has 1 amide bonds. The molecule has 1 fully saturated rings. The van der Waals surface area contributed by atoms with Crippen molar-refractivity contribution in [2.45, 2.75) is 38.5 Å². The first-order chi connectivity index (χ1) is 16.9. The second-order valence-electron chi connectivity index (χ2n) is 8.84. The van der Waals surface area contributed by atoms with Crippen LogP contribution in [0.3, 0.4) is 0 Å². The molecule has 1 aliphatic rings. The van der Waals surface area contributed by atoms with E-state index < -0.39 is 0 Å². The maximum Gasteiger partial charge on any atom is 0.252 e. The van der Waals surface area contributed by atoms with Crippen LogP contribution in [0.5, 0.6) is 0 Å². The van der Waals surface area contributed by atoms with Crippen molar-refractivity contribution in [3.63, 3.8) is 0 Å². The molecule has 0 saturated heterocycles. The normalized spacial score (nSPS) is 13.2. The second kappa shape index (κ2) is 8.83. The fourth-order valence-corrected chi connectivity index (χ4v) is 4.34. The Morgan fingerprint density at radius 1 is 1.29 bits per heavy atom. The highest BCUT2D eigenvalue weighted by Gasteiger charge is 2.28. The average molecular weight is 473 g/mol. The highest BCUT2D eigenvalue weighted by molar-refractivity contribution is 6.06. The van der Waals surface area contributed by atoms with E-state index in [1.165, 1.54) is 16.8 Å². The Hall–Kier alpha value is -4.26. The first kappa shape index (κ1) is 22.5. The van der Waals surface area contributed by atoms with Gasteiger partial charge in [0.15, 0.2) is 5.65 Å². The van der Waals surface area contributed by atoms with Crippen molar-refractivity contribution < 1.29 is 9.18 Å². The van der Waals surface area contributed by atoms with E-state index in [-0.39, 0.29) is 23.1 Å². The number of carbonyl (C=O) groups excluding carboxylic acids is 1. The van der Waals surface area contributed by atoms with E-state index in [9.17, 15) is 14.4 Å². The summed E-state index contributed by atoms with van der Waals surface area (Å²) in [4.78, 5) is 17.9. The molecule has 178 valence electrons. The third-order valence-corrected chi connectivity index (χ3v) is 6.28. The van der Waals surface area contributed by atoms with Crippen LogP contribution < -0.4 is 11.1 Å². The Labute approximate surface area is 201 Å². The number of nitrogens with two attached hydrogens (primary N) is 1. The van der Waals surface area contributed by atoms with E-state index in [2.05, 4.69) is 21.6 Å². The topological polar surface area (TPSA) is 127 Å². The third kappa shape index (κ3) is 4.21. The number of nitrogens with zero attached hydrogens (tertiary/aromatic N) is 6. The van der Waals surface area contributed by atoms with Crippen LogP contribution in [0.15, 0.2) is 30.3 Å². The van der Waals surface area contributed by atoms with E-state index in [1.807, 2.05) is 20.0 Å². The molecule has 1 saturated carbocycles. The van der Waals surface area contributed by atoms with Gasteiger partial charge in [-0.05, 0) is 62.9 Å². The van der Waals surface area contributed by atoms with Gasteiger partial charge in [0, 0.05) is 25.2 Å². The maximum absolute atomic E-state index is 13.3. The number of fused-ring (bicyclic) bond motifs is 1. The van der Waals surface area contributed by atoms with Crippen LogP contribution in [-0.2, 0) is 13.5 Å². The molecule has 35 heavy (non-hydrogen) atoms. The first-order valence-corrected chi connectivity index (χ1v) is 11.5. The number of nitrogen functional groups attached to an aromatic ring is 1. The molecule has 0 radical (unpaired) electrons. The van der Waals surface area contributed by atoms with Crippen molar-refractivity contribution in [3.05, 3.63) is 64.4 Å². The van der Waals surface area contributed by atoms with Gasteiger partial charge in [0.25, 0.3) is 5.91 Å². The number of halogens is 1. The molecule has 5 rings (SSSR count). The minimum Gasteiger partial charge on any atom is -0.382 e. The Kier molecular flexibility index (Phi) is 5.68. The fraction of sp³-hybridized carbons (Fsp3) is 0.320. The molecular weight excluding hydrogens is 447 g/mol. The standard InChI is InChI=1S/C25H25FN8O/c1-14-22-18(12-21(15-5-6-15)30-24(22)33(2)31-14)25(35)29-11-3-4-20-19(13-27)23(28)34(32-20)17-9-7-16(26)8-10-17/h7-10,12,15H,3-6,11,28H2,1-2H3,(H,29,35). The van der Waals surface area contributed by atoms with E-state index in [0.29, 0.717) is 42.2 Å². The van der Waals surface area contributed by atoms with Gasteiger partial charge in [0.05, 0.1) is 28.0 Å². The molecule has 0 unspecified atom stereocenters. The highest BCUT2D eigenvalue weighted by Crippen LogP contribution is 2.40. The summed E-state index contributed by atoms with van der Waals surface area (Å²) in [7, 11) is 1.84. The number of aromatic nitrogens is 5. The van der Waals surface area contributed by atoms with Gasteiger partial charge in [-0.25, -0.2) is 14.1 Å². The van der Waals surface area contributed by atoms with Gasteiger partial charge < -0.3 is 11.1 Å². The van der Waals surface area contributed by atoms with Gasteiger partial charge in [-0.1, -0.05) is 0 Å². The van der Waals surface area contributed by atoms with Crippen molar-refractivity contribution in [2.75, 3.05) is 12.3 Å². The molecule has 3 heterocycles. The van der Waals surface area contributed by atoms with Gasteiger partial charge in [0.1, 0.15) is 23.3 Å². The molecule has 9 nitrogen and oxygen atoms in total. The SMILES string of the molecule is Cc1nn(C)c2nc(C3CC3)cc(C(=O)NCCCc3nn(-c4ccc(F)cc4)c(N)c3C#N)c12. The largest absolute Gasteiger partial charge is 0.382 e. The number of benzene rings is 1. The number of rotatable bonds is 7. The molecule has 0 aliphatic heterocycles. The van der Waals surface area contributed by atoms with E-state index in [0.717, 1.165) is 35.3 Å². The fourth-order valence-electron chi connectivity index (χ4n) is 4.34. The Morgan fingerprint density at radius 3 is 2.71 bits per heavy atom. The summed E-state index contributed by atoms with van der Waals surface area (Å²) in [6.45, 7) is 2.28. The number of carbonyl (C=O) groups is 1. The zero-order valence-corrected chi connectivity index (χ0v) is 19.5. The highest BCUT2D eigenvalue weighted by atomic mass is 19.1. The summed E-state index contributed by atoms with van der Waals surface area (Å²) in [6.07, 6.45) is 3.19. The quantitative estimate of drug-likeness (QED) is 0.397. The van der Waals surface area contributed by atoms with Crippen molar-refractivity contribution in [2.24, 2.45) is 7.05 Å². The predicted octanol–water partition coefficient (Wildman–Crippen LogP) is 3.30. The summed E-state index contributed by atoms with van der Waals surface area (Å²) >= 11 is 0. The van der Waals surface area contributed by atoms with Gasteiger partial charge in [-0.2, -0.15) is 15.5 Å². The summed E-state index contributed by atoms with van der Waals surface area (Å²) in [5.41, 5.74) is 10.5. The second-order valence-corrected chi connectivity index (χ2v) is 8.84. The summed E-state index contributed by atoms with van der Waals surface area (Å²) in [5.74, 6) is 0.0737. The monoisotopic (exact) mass is 472 g/mol. The van der Waals surface area contributed by atoms with Gasteiger partial charge in [-0.3, -0.25) is 9.48 Å². The molecule has 0 atom stereocenters. The summed E-state index contributed by atoms with van der Waals surface area (Å²) < 4.78 is 16.4. The van der Waals surface area contributed by atoms with Crippen molar-refractivity contribution >= 4 is 22.8 Å². The molecule has 0 bridgehead atoms. The minimum absolute atomic E-state index is 0.174. The molecule has 0 spiro atoms. The maximum atomic E-state index is 13.3. The zero-order valence-electron chi connectivity index (χ0n) is 19.5. The smallest absolute Gasteiger partial charge is 0.252 e. The molecular formula is C25H25FN8O. The van der Waals surface area contributed by atoms with E-state index >= 15 is 0 Å². The lowest BCUT2D eigenvalue weighted by atomic mass is 10.1. The number of pyridine rings is 1. The van der Waals surface area contributed by atoms with Crippen LogP contribution in [0.2, 0.25) is 0 Å². The number of amides is 1. The summed E-state index contributed by atoms with van der Waals surface area (Å²) in [5, 5.41) is 22.2. The molecule has 3 N–H and O–H groups in total. The van der Waals surface area contributed by atoms with Gasteiger partial charge >= 0.3 is 0 Å². The van der Waals surface area contributed by atoms with Crippen LogP contribution >= 0.6 is 0 Å². The number of nitrogens with one attached hydrogen (secondary N) is 1. The molecule has 3 aromatic heterocycles. The Bertz CT molecular complexity index is 1470. The average Bonchev–Trinajstić information content (AvgIpc) is 3.59. The van der Waals surface area contributed by atoms with Crippen molar-refractivity contribution in [3.8, 4) is 11.8 Å². The summed E-state index contributed by atoms with van der Waals surface area (Å²) in [6, 6.07) is 9.72. The third-order valence-electron chi connectivity index (χ3n) is 6.28. The van der Waals surface area contributed by atoms with Crippen LogP contribution in [0.4, 0.5) is 10.2 Å². The van der Waals surface area contributed by atoms with E-state index in [4.69, 9.17) is 10.7 Å². The molecule has 1 aliphatic carbocycles.